The molecule has 0 heterocycles. The fourth-order valence-electron chi connectivity index (χ4n) is 3.28. The standard InChI is InChI=1S/C24H40O4/c1-2-3-4-5-6-7-8-9-10-11-12-13-14-17-20-27-21-28-24(26)22-18-15-16-19-23(22)25/h15-16,18-19,25H,2-14,17,20-21H2,1H3. The average Bonchev–Trinajstić information content (AvgIpc) is 2.70. The molecule has 0 atom stereocenters. The number of carbonyl (C=O) groups excluding carboxylic acids is 1. The van der Waals surface area contributed by atoms with E-state index in [2.05, 4.69) is 6.92 Å². The van der Waals surface area contributed by atoms with E-state index in [1.807, 2.05) is 0 Å². The van der Waals surface area contributed by atoms with Crippen LogP contribution in [-0.4, -0.2) is 24.5 Å². The SMILES string of the molecule is CCCCCCCCCCCCCCCCOCOC(=O)c1ccccc1O. The van der Waals surface area contributed by atoms with Gasteiger partial charge < -0.3 is 14.6 Å². The Balaban J connectivity index is 1.80. The zero-order chi connectivity index (χ0) is 20.3. The summed E-state index contributed by atoms with van der Waals surface area (Å²) in [5, 5.41) is 9.58. The highest BCUT2D eigenvalue weighted by Crippen LogP contribution is 2.16. The van der Waals surface area contributed by atoms with Crippen LogP contribution in [0.1, 0.15) is 107 Å². The first kappa shape index (κ1) is 24.5. The van der Waals surface area contributed by atoms with E-state index < -0.39 is 5.97 Å². The van der Waals surface area contributed by atoms with Crippen LogP contribution in [0, 0.1) is 0 Å². The monoisotopic (exact) mass is 392 g/mol. The normalized spacial score (nSPS) is 10.9. The lowest BCUT2D eigenvalue weighted by molar-refractivity contribution is -0.0324. The van der Waals surface area contributed by atoms with E-state index in [9.17, 15) is 9.90 Å². The van der Waals surface area contributed by atoms with Gasteiger partial charge in [-0.05, 0) is 18.6 Å². The number of unbranched alkanes of at least 4 members (excludes halogenated alkanes) is 13. The van der Waals surface area contributed by atoms with Crippen LogP contribution in [0.25, 0.3) is 0 Å². The van der Waals surface area contributed by atoms with Gasteiger partial charge in [0.15, 0.2) is 6.79 Å². The number of rotatable bonds is 18. The number of hydrogen-bond donors (Lipinski definition) is 1. The number of carbonyl (C=O) groups is 1. The summed E-state index contributed by atoms with van der Waals surface area (Å²) in [6.45, 7) is 2.81. The fraction of sp³-hybridized carbons (Fsp3) is 0.708. The zero-order valence-corrected chi connectivity index (χ0v) is 17.8. The Morgan fingerprint density at radius 3 is 1.82 bits per heavy atom. The number of hydrogen-bond acceptors (Lipinski definition) is 4. The summed E-state index contributed by atoms with van der Waals surface area (Å²) >= 11 is 0. The summed E-state index contributed by atoms with van der Waals surface area (Å²) in [5.41, 5.74) is 0.169. The van der Waals surface area contributed by atoms with Crippen molar-refractivity contribution in [2.24, 2.45) is 0 Å². The van der Waals surface area contributed by atoms with Gasteiger partial charge in [0.1, 0.15) is 11.3 Å². The summed E-state index contributed by atoms with van der Waals surface area (Å²) in [4.78, 5) is 11.8. The van der Waals surface area contributed by atoms with E-state index in [4.69, 9.17) is 9.47 Å². The highest BCUT2D eigenvalue weighted by atomic mass is 16.7. The van der Waals surface area contributed by atoms with Crippen molar-refractivity contribution in [3.63, 3.8) is 0 Å². The minimum Gasteiger partial charge on any atom is -0.507 e. The quantitative estimate of drug-likeness (QED) is 0.166. The molecule has 0 saturated carbocycles. The molecule has 1 aromatic rings. The van der Waals surface area contributed by atoms with Crippen molar-refractivity contribution >= 4 is 5.97 Å². The molecule has 1 aromatic carbocycles. The van der Waals surface area contributed by atoms with Gasteiger partial charge in [-0.3, -0.25) is 0 Å². The van der Waals surface area contributed by atoms with Crippen molar-refractivity contribution in [2.75, 3.05) is 13.4 Å². The number of phenolic OH excluding ortho intramolecular Hbond substituents is 1. The second kappa shape index (κ2) is 17.5. The van der Waals surface area contributed by atoms with Crippen molar-refractivity contribution in [2.45, 2.75) is 96.8 Å². The van der Waals surface area contributed by atoms with Gasteiger partial charge in [-0.25, -0.2) is 4.79 Å². The maximum Gasteiger partial charge on any atom is 0.344 e. The number of aromatic hydroxyl groups is 1. The number of ether oxygens (including phenoxy) is 2. The van der Waals surface area contributed by atoms with Crippen molar-refractivity contribution < 1.29 is 19.4 Å². The van der Waals surface area contributed by atoms with E-state index in [1.165, 1.54) is 89.2 Å². The third-order valence-corrected chi connectivity index (χ3v) is 5.04. The molecule has 0 aliphatic carbocycles. The van der Waals surface area contributed by atoms with Gasteiger partial charge in [0.25, 0.3) is 0 Å². The van der Waals surface area contributed by atoms with Crippen LogP contribution in [0.3, 0.4) is 0 Å². The summed E-state index contributed by atoms with van der Waals surface area (Å²) in [5.74, 6) is -0.626. The third-order valence-electron chi connectivity index (χ3n) is 5.04. The molecule has 0 aliphatic heterocycles. The number of esters is 1. The van der Waals surface area contributed by atoms with Crippen LogP contribution in [-0.2, 0) is 9.47 Å². The predicted octanol–water partition coefficient (Wildman–Crippen LogP) is 7.00. The van der Waals surface area contributed by atoms with Gasteiger partial charge in [0.2, 0.25) is 0 Å². The van der Waals surface area contributed by atoms with Crippen LogP contribution in [0.4, 0.5) is 0 Å². The van der Waals surface area contributed by atoms with Crippen LogP contribution < -0.4 is 0 Å². The van der Waals surface area contributed by atoms with E-state index in [0.29, 0.717) is 6.61 Å². The highest BCUT2D eigenvalue weighted by Gasteiger charge is 2.11. The Morgan fingerprint density at radius 2 is 1.29 bits per heavy atom. The molecule has 28 heavy (non-hydrogen) atoms. The zero-order valence-electron chi connectivity index (χ0n) is 17.8. The van der Waals surface area contributed by atoms with Crippen molar-refractivity contribution in [1.29, 1.82) is 0 Å². The fourth-order valence-corrected chi connectivity index (χ4v) is 3.28. The lowest BCUT2D eigenvalue weighted by atomic mass is 10.0. The molecule has 0 bridgehead atoms. The van der Waals surface area contributed by atoms with Gasteiger partial charge >= 0.3 is 5.97 Å². The molecule has 0 amide bonds. The maximum atomic E-state index is 11.8. The van der Waals surface area contributed by atoms with Crippen LogP contribution in [0.15, 0.2) is 24.3 Å². The average molecular weight is 393 g/mol. The van der Waals surface area contributed by atoms with Gasteiger partial charge in [-0.15, -0.1) is 0 Å². The predicted molar refractivity (Wildman–Crippen MR) is 115 cm³/mol. The minimum absolute atomic E-state index is 0.0639. The van der Waals surface area contributed by atoms with E-state index in [1.54, 1.807) is 12.1 Å². The molecule has 1 rings (SSSR count). The van der Waals surface area contributed by atoms with Gasteiger partial charge in [0.05, 0.1) is 6.61 Å². The van der Waals surface area contributed by atoms with Gasteiger partial charge in [0, 0.05) is 0 Å². The molecule has 4 heteroatoms. The van der Waals surface area contributed by atoms with E-state index in [-0.39, 0.29) is 18.1 Å². The van der Waals surface area contributed by atoms with Crippen LogP contribution in [0.5, 0.6) is 5.75 Å². The number of phenols is 1. The largest absolute Gasteiger partial charge is 0.507 e. The summed E-state index contributed by atoms with van der Waals surface area (Å²) in [7, 11) is 0. The van der Waals surface area contributed by atoms with Crippen LogP contribution >= 0.6 is 0 Å². The Labute approximate surface area is 171 Å². The number of benzene rings is 1. The lowest BCUT2D eigenvalue weighted by Crippen LogP contribution is -2.09. The Morgan fingerprint density at radius 1 is 0.786 bits per heavy atom. The Kier molecular flexibility index (Phi) is 15.3. The smallest absolute Gasteiger partial charge is 0.344 e. The molecule has 160 valence electrons. The van der Waals surface area contributed by atoms with Crippen molar-refractivity contribution in [1.82, 2.24) is 0 Å². The molecule has 0 aliphatic rings. The topological polar surface area (TPSA) is 55.8 Å². The first-order chi connectivity index (χ1) is 13.8. The second-order valence-corrected chi connectivity index (χ2v) is 7.57. The molecule has 0 fully saturated rings. The molecule has 0 saturated heterocycles. The third kappa shape index (κ3) is 12.8. The van der Waals surface area contributed by atoms with E-state index >= 15 is 0 Å². The molecule has 0 spiro atoms. The first-order valence-corrected chi connectivity index (χ1v) is 11.3. The number of para-hydroxylation sites is 1. The highest BCUT2D eigenvalue weighted by molar-refractivity contribution is 5.92. The van der Waals surface area contributed by atoms with Gasteiger partial charge in [-0.1, -0.05) is 103 Å². The van der Waals surface area contributed by atoms with Crippen molar-refractivity contribution in [3.05, 3.63) is 29.8 Å². The Bertz CT molecular complexity index is 501. The first-order valence-electron chi connectivity index (χ1n) is 11.3. The summed E-state index contributed by atoms with van der Waals surface area (Å²) in [6.07, 6.45) is 18.6. The Hall–Kier alpha value is -1.55. The summed E-state index contributed by atoms with van der Waals surface area (Å²) < 4.78 is 10.4. The molecular formula is C24H40O4. The lowest BCUT2D eigenvalue weighted by Gasteiger charge is -2.07. The minimum atomic E-state index is -0.556. The summed E-state index contributed by atoms with van der Waals surface area (Å²) in [6, 6.07) is 6.35. The van der Waals surface area contributed by atoms with E-state index in [0.717, 1.165) is 12.8 Å². The molecule has 0 aromatic heterocycles. The molecule has 0 radical (unpaired) electrons. The molecule has 4 nitrogen and oxygen atoms in total. The van der Waals surface area contributed by atoms with Crippen molar-refractivity contribution in [3.8, 4) is 5.75 Å². The second-order valence-electron chi connectivity index (χ2n) is 7.57. The molecular weight excluding hydrogens is 352 g/mol. The molecule has 1 N–H and O–H groups in total. The van der Waals surface area contributed by atoms with Crippen LogP contribution in [0.2, 0.25) is 0 Å². The van der Waals surface area contributed by atoms with Gasteiger partial charge in [-0.2, -0.15) is 0 Å². The molecule has 0 unspecified atom stereocenters. The maximum absolute atomic E-state index is 11.8.